The van der Waals surface area contributed by atoms with Gasteiger partial charge in [-0.1, -0.05) is 6.42 Å². The minimum atomic E-state index is -0.430. The Balaban J connectivity index is 1.46. The number of amides is 3. The third-order valence-electron chi connectivity index (χ3n) is 5.63. The molecule has 1 aromatic heterocycles. The van der Waals surface area contributed by atoms with Crippen LogP contribution in [0.1, 0.15) is 49.2 Å². The Morgan fingerprint density at radius 2 is 1.82 bits per heavy atom. The van der Waals surface area contributed by atoms with Crippen molar-refractivity contribution in [3.05, 3.63) is 46.7 Å². The second kappa shape index (κ2) is 12.6. The van der Waals surface area contributed by atoms with Gasteiger partial charge in [-0.25, -0.2) is 9.37 Å². The number of likely N-dealkylation sites (tertiary alicyclic amines) is 1. The molecule has 3 amide bonds. The van der Waals surface area contributed by atoms with Crippen molar-refractivity contribution < 1.29 is 18.8 Å². The third-order valence-corrected chi connectivity index (χ3v) is 6.43. The molecule has 184 valence electrons. The summed E-state index contributed by atoms with van der Waals surface area (Å²) in [5.41, 5.74) is 0.893. The van der Waals surface area contributed by atoms with E-state index in [1.165, 1.54) is 59.8 Å². The number of hydrogen-bond donors (Lipinski definition) is 2. The van der Waals surface area contributed by atoms with Gasteiger partial charge in [0.15, 0.2) is 5.13 Å². The molecule has 2 aromatic rings. The number of nitrogens with one attached hydrogen (secondary N) is 2. The minimum absolute atomic E-state index is 0.101. The number of aromatic nitrogens is 1. The fourth-order valence-electron chi connectivity index (χ4n) is 3.77. The second-order valence-electron chi connectivity index (χ2n) is 8.65. The molecule has 1 aliphatic heterocycles. The summed E-state index contributed by atoms with van der Waals surface area (Å²) in [7, 11) is 0. The maximum Gasteiger partial charge on any atom is 0.254 e. The summed E-state index contributed by atoms with van der Waals surface area (Å²) in [4.78, 5) is 45.6. The van der Waals surface area contributed by atoms with Crippen molar-refractivity contribution in [2.75, 3.05) is 38.0 Å². The number of halogens is 1. The first-order chi connectivity index (χ1) is 16.3. The van der Waals surface area contributed by atoms with Crippen molar-refractivity contribution in [2.24, 2.45) is 0 Å². The van der Waals surface area contributed by atoms with Gasteiger partial charge in [-0.3, -0.25) is 14.4 Å². The Hall–Kier alpha value is -2.85. The van der Waals surface area contributed by atoms with Crippen molar-refractivity contribution in [1.29, 1.82) is 0 Å². The van der Waals surface area contributed by atoms with Crippen LogP contribution >= 0.6 is 11.3 Å². The van der Waals surface area contributed by atoms with Crippen molar-refractivity contribution in [3.8, 4) is 0 Å². The molecular formula is C24H32FN5O3S. The second-order valence-corrected chi connectivity index (χ2v) is 9.51. The molecular weight excluding hydrogens is 457 g/mol. The molecule has 0 bridgehead atoms. The molecule has 34 heavy (non-hydrogen) atoms. The van der Waals surface area contributed by atoms with Crippen molar-refractivity contribution >= 4 is 34.2 Å². The molecule has 1 saturated heterocycles. The number of anilines is 1. The summed E-state index contributed by atoms with van der Waals surface area (Å²) < 4.78 is 13.2. The monoisotopic (exact) mass is 489 g/mol. The summed E-state index contributed by atoms with van der Waals surface area (Å²) in [6.45, 7) is 7.09. The minimum Gasteiger partial charge on any atom is -0.354 e. The summed E-state index contributed by atoms with van der Waals surface area (Å²) in [5.74, 6) is -1.28. The van der Waals surface area contributed by atoms with E-state index in [0.29, 0.717) is 22.9 Å². The summed E-state index contributed by atoms with van der Waals surface area (Å²) in [6, 6.07) is 4.99. The number of thiazole rings is 1. The molecule has 1 aromatic carbocycles. The first-order valence-corrected chi connectivity index (χ1v) is 12.5. The largest absolute Gasteiger partial charge is 0.354 e. The normalized spacial score (nSPS) is 14.1. The number of hydrogen-bond acceptors (Lipinski definition) is 6. The fraction of sp³-hybridized carbons (Fsp3) is 0.500. The average molecular weight is 490 g/mol. The number of carbonyl (C=O) groups excluding carboxylic acids is 3. The molecule has 8 nitrogen and oxygen atoms in total. The van der Waals surface area contributed by atoms with Crippen LogP contribution in [0.15, 0.2) is 29.6 Å². The van der Waals surface area contributed by atoms with Crippen LogP contribution < -0.4 is 10.6 Å². The van der Waals surface area contributed by atoms with E-state index in [4.69, 9.17) is 0 Å². The predicted octanol–water partition coefficient (Wildman–Crippen LogP) is 2.92. The van der Waals surface area contributed by atoms with E-state index in [1.807, 2.05) is 0 Å². The van der Waals surface area contributed by atoms with Gasteiger partial charge in [0, 0.05) is 30.1 Å². The number of benzene rings is 1. The van der Waals surface area contributed by atoms with Gasteiger partial charge >= 0.3 is 0 Å². The quantitative estimate of drug-likeness (QED) is 0.535. The first-order valence-electron chi connectivity index (χ1n) is 11.6. The number of carbonyl (C=O) groups is 3. The van der Waals surface area contributed by atoms with Crippen LogP contribution in [0.4, 0.5) is 9.52 Å². The Kier molecular flexibility index (Phi) is 9.52. The number of rotatable bonds is 10. The van der Waals surface area contributed by atoms with E-state index in [-0.39, 0.29) is 30.8 Å². The van der Waals surface area contributed by atoms with Crippen LogP contribution in [0, 0.1) is 5.82 Å². The van der Waals surface area contributed by atoms with E-state index in [0.717, 1.165) is 19.6 Å². The Labute approximate surface area is 203 Å². The van der Waals surface area contributed by atoms with Gasteiger partial charge in [0.25, 0.3) is 5.91 Å². The molecule has 2 heterocycles. The van der Waals surface area contributed by atoms with Crippen LogP contribution in [0.2, 0.25) is 0 Å². The molecule has 0 radical (unpaired) electrons. The zero-order valence-electron chi connectivity index (χ0n) is 19.7. The van der Waals surface area contributed by atoms with E-state index in [9.17, 15) is 18.8 Å². The Morgan fingerprint density at radius 3 is 2.50 bits per heavy atom. The average Bonchev–Trinajstić information content (AvgIpc) is 3.24. The number of piperidine rings is 1. The van der Waals surface area contributed by atoms with Gasteiger partial charge in [0.1, 0.15) is 12.4 Å². The van der Waals surface area contributed by atoms with Crippen molar-refractivity contribution in [2.45, 2.75) is 45.6 Å². The van der Waals surface area contributed by atoms with Gasteiger partial charge in [0.2, 0.25) is 11.8 Å². The molecule has 0 atom stereocenters. The standard InChI is InChI=1S/C24H32FN5O3S/c1-17(2)30(23(33)18-6-8-19(25)9-7-18)15-22(32)28-24-27-20(16-34-24)14-21(31)26-10-13-29-11-4-3-5-12-29/h6-9,16-17H,3-5,10-15H2,1-2H3,(H,26,31)(H,27,28,32). The molecule has 1 aliphatic rings. The van der Waals surface area contributed by atoms with Gasteiger partial charge < -0.3 is 20.4 Å². The summed E-state index contributed by atoms with van der Waals surface area (Å²) in [6.07, 6.45) is 3.87. The fourth-order valence-corrected chi connectivity index (χ4v) is 4.50. The van der Waals surface area contributed by atoms with Crippen LogP contribution in [0.3, 0.4) is 0 Å². The highest BCUT2D eigenvalue weighted by Gasteiger charge is 2.22. The highest BCUT2D eigenvalue weighted by Crippen LogP contribution is 2.17. The zero-order chi connectivity index (χ0) is 24.5. The molecule has 0 spiro atoms. The highest BCUT2D eigenvalue weighted by molar-refractivity contribution is 7.13. The lowest BCUT2D eigenvalue weighted by molar-refractivity contribution is -0.120. The van der Waals surface area contributed by atoms with Gasteiger partial charge in [0.05, 0.1) is 12.1 Å². The molecule has 0 unspecified atom stereocenters. The Bertz CT molecular complexity index is 973. The van der Waals surface area contributed by atoms with Crippen LogP contribution in [0.5, 0.6) is 0 Å². The lowest BCUT2D eigenvalue weighted by atomic mass is 10.1. The van der Waals surface area contributed by atoms with E-state index >= 15 is 0 Å². The number of nitrogens with zero attached hydrogens (tertiary/aromatic N) is 3. The smallest absolute Gasteiger partial charge is 0.254 e. The van der Waals surface area contributed by atoms with E-state index < -0.39 is 11.7 Å². The molecule has 3 rings (SSSR count). The maximum absolute atomic E-state index is 13.2. The molecule has 0 saturated carbocycles. The Morgan fingerprint density at radius 1 is 1.12 bits per heavy atom. The van der Waals surface area contributed by atoms with E-state index in [2.05, 4.69) is 20.5 Å². The van der Waals surface area contributed by atoms with Gasteiger partial charge in [-0.05, 0) is 64.0 Å². The van der Waals surface area contributed by atoms with Crippen LogP contribution in [-0.4, -0.2) is 71.3 Å². The molecule has 1 fully saturated rings. The SMILES string of the molecule is CC(C)N(CC(=O)Nc1nc(CC(=O)NCCN2CCCCC2)cs1)C(=O)c1ccc(F)cc1. The molecule has 2 N–H and O–H groups in total. The predicted molar refractivity (Wildman–Crippen MR) is 130 cm³/mol. The third kappa shape index (κ3) is 7.88. The van der Waals surface area contributed by atoms with Crippen molar-refractivity contribution in [1.82, 2.24) is 20.1 Å². The topological polar surface area (TPSA) is 94.6 Å². The summed E-state index contributed by atoms with van der Waals surface area (Å²) in [5, 5.41) is 7.74. The molecule has 10 heteroatoms. The lowest BCUT2D eigenvalue weighted by Crippen LogP contribution is -2.42. The van der Waals surface area contributed by atoms with Crippen LogP contribution in [-0.2, 0) is 16.0 Å². The van der Waals surface area contributed by atoms with E-state index in [1.54, 1.807) is 19.2 Å². The van der Waals surface area contributed by atoms with Gasteiger partial charge in [-0.15, -0.1) is 11.3 Å². The first kappa shape index (κ1) is 25.8. The van der Waals surface area contributed by atoms with Gasteiger partial charge in [-0.2, -0.15) is 0 Å². The molecule has 0 aliphatic carbocycles. The zero-order valence-corrected chi connectivity index (χ0v) is 20.5. The van der Waals surface area contributed by atoms with Crippen LogP contribution in [0.25, 0.3) is 0 Å². The summed E-state index contributed by atoms with van der Waals surface area (Å²) >= 11 is 1.23. The van der Waals surface area contributed by atoms with Crippen molar-refractivity contribution in [3.63, 3.8) is 0 Å². The maximum atomic E-state index is 13.2. The highest BCUT2D eigenvalue weighted by atomic mass is 32.1. The lowest BCUT2D eigenvalue weighted by Gasteiger charge is -2.26.